The number of sulfonamides is 1. The average molecular weight is 418 g/mol. The molecular weight excluding hydrogens is 395 g/mol. The SMILES string of the molecule is Cc1nn(C)cc1S(=O)(=O)N1CCC[C@@H](c2ncc(Cc3cccc(F)c3)o2)C1. The topological polar surface area (TPSA) is 81.2 Å². The molecule has 1 fully saturated rings. The molecule has 1 aliphatic heterocycles. The minimum Gasteiger partial charge on any atom is -0.445 e. The van der Waals surface area contributed by atoms with Gasteiger partial charge >= 0.3 is 0 Å². The number of hydrogen-bond acceptors (Lipinski definition) is 5. The van der Waals surface area contributed by atoms with Crippen LogP contribution < -0.4 is 0 Å². The maximum Gasteiger partial charge on any atom is 0.246 e. The van der Waals surface area contributed by atoms with Crippen molar-refractivity contribution in [2.45, 2.75) is 37.0 Å². The largest absolute Gasteiger partial charge is 0.445 e. The average Bonchev–Trinajstić information content (AvgIpc) is 3.28. The Balaban J connectivity index is 1.50. The third-order valence-electron chi connectivity index (χ3n) is 5.16. The first kappa shape index (κ1) is 19.8. The predicted molar refractivity (Wildman–Crippen MR) is 104 cm³/mol. The van der Waals surface area contributed by atoms with Gasteiger partial charge in [-0.25, -0.2) is 17.8 Å². The predicted octanol–water partition coefficient (Wildman–Crippen LogP) is 3.01. The fraction of sp³-hybridized carbons (Fsp3) is 0.400. The second-order valence-corrected chi connectivity index (χ2v) is 9.33. The lowest BCUT2D eigenvalue weighted by molar-refractivity contribution is 0.281. The van der Waals surface area contributed by atoms with Gasteiger partial charge in [0.2, 0.25) is 10.0 Å². The molecule has 0 saturated carbocycles. The van der Waals surface area contributed by atoms with E-state index in [1.807, 2.05) is 6.07 Å². The van der Waals surface area contributed by atoms with Gasteiger partial charge in [0.1, 0.15) is 16.5 Å². The van der Waals surface area contributed by atoms with Gasteiger partial charge in [-0.1, -0.05) is 12.1 Å². The summed E-state index contributed by atoms with van der Waals surface area (Å²) in [4.78, 5) is 4.61. The Bertz CT molecular complexity index is 1120. The van der Waals surface area contributed by atoms with E-state index < -0.39 is 10.0 Å². The molecule has 1 saturated heterocycles. The summed E-state index contributed by atoms with van der Waals surface area (Å²) >= 11 is 0. The van der Waals surface area contributed by atoms with Crippen molar-refractivity contribution in [3.8, 4) is 0 Å². The molecule has 1 atom stereocenters. The monoisotopic (exact) mass is 418 g/mol. The highest BCUT2D eigenvalue weighted by atomic mass is 32.2. The van der Waals surface area contributed by atoms with Gasteiger partial charge in [-0.05, 0) is 37.5 Å². The number of benzene rings is 1. The van der Waals surface area contributed by atoms with Crippen molar-refractivity contribution in [2.75, 3.05) is 13.1 Å². The minimum atomic E-state index is -3.62. The molecule has 0 bridgehead atoms. The van der Waals surface area contributed by atoms with Crippen LogP contribution in [0.3, 0.4) is 0 Å². The van der Waals surface area contributed by atoms with Crippen LogP contribution in [0.15, 0.2) is 46.0 Å². The maximum absolute atomic E-state index is 13.4. The van der Waals surface area contributed by atoms with E-state index in [1.165, 1.54) is 27.3 Å². The Kier molecular flexibility index (Phi) is 5.26. The Morgan fingerprint density at radius 1 is 1.34 bits per heavy atom. The second-order valence-electron chi connectivity index (χ2n) is 7.43. The van der Waals surface area contributed by atoms with Gasteiger partial charge in [-0.15, -0.1) is 0 Å². The summed E-state index contributed by atoms with van der Waals surface area (Å²) < 4.78 is 48.4. The third-order valence-corrected chi connectivity index (χ3v) is 7.13. The van der Waals surface area contributed by atoms with Crippen LogP contribution in [-0.2, 0) is 23.5 Å². The number of nitrogens with zero attached hydrogens (tertiary/aromatic N) is 4. The summed E-state index contributed by atoms with van der Waals surface area (Å²) in [5.74, 6) is 0.755. The molecule has 3 heterocycles. The zero-order chi connectivity index (χ0) is 20.6. The first-order valence-electron chi connectivity index (χ1n) is 9.52. The van der Waals surface area contributed by atoms with E-state index >= 15 is 0 Å². The van der Waals surface area contributed by atoms with Gasteiger partial charge in [0, 0.05) is 38.7 Å². The Morgan fingerprint density at radius 2 is 2.17 bits per heavy atom. The maximum atomic E-state index is 13.4. The Hall–Kier alpha value is -2.52. The third kappa shape index (κ3) is 4.11. The van der Waals surface area contributed by atoms with Crippen molar-refractivity contribution in [3.63, 3.8) is 0 Å². The van der Waals surface area contributed by atoms with Crippen LogP contribution >= 0.6 is 0 Å². The van der Waals surface area contributed by atoms with Crippen LogP contribution in [0, 0.1) is 12.7 Å². The van der Waals surface area contributed by atoms with E-state index in [-0.39, 0.29) is 16.6 Å². The van der Waals surface area contributed by atoms with Crippen LogP contribution in [-0.4, -0.2) is 40.6 Å². The second kappa shape index (κ2) is 7.72. The van der Waals surface area contributed by atoms with Crippen LogP contribution in [0.4, 0.5) is 4.39 Å². The summed E-state index contributed by atoms with van der Waals surface area (Å²) in [5.41, 5.74) is 1.29. The van der Waals surface area contributed by atoms with Gasteiger partial charge in [0.05, 0.1) is 11.9 Å². The van der Waals surface area contributed by atoms with E-state index in [2.05, 4.69) is 10.1 Å². The standard InChI is InChI=1S/C20H23FN4O3S/c1-14-19(13-24(2)23-14)29(26,27)25-8-4-6-16(12-25)20-22-11-18(28-20)10-15-5-3-7-17(21)9-15/h3,5,7,9,11,13,16H,4,6,8,10,12H2,1-2H3/t16-/m1/s1. The molecule has 1 aliphatic rings. The molecule has 154 valence electrons. The number of hydrogen-bond donors (Lipinski definition) is 0. The first-order chi connectivity index (χ1) is 13.8. The van der Waals surface area contributed by atoms with Crippen molar-refractivity contribution in [1.82, 2.24) is 19.1 Å². The number of piperidine rings is 1. The lowest BCUT2D eigenvalue weighted by Crippen LogP contribution is -2.39. The van der Waals surface area contributed by atoms with E-state index in [4.69, 9.17) is 4.42 Å². The van der Waals surface area contributed by atoms with Crippen molar-refractivity contribution in [3.05, 3.63) is 65.4 Å². The fourth-order valence-electron chi connectivity index (χ4n) is 3.77. The zero-order valence-electron chi connectivity index (χ0n) is 16.4. The van der Waals surface area contributed by atoms with E-state index in [0.29, 0.717) is 36.9 Å². The molecule has 0 aliphatic carbocycles. The number of halogens is 1. The van der Waals surface area contributed by atoms with Crippen LogP contribution in [0.2, 0.25) is 0 Å². The lowest BCUT2D eigenvalue weighted by Gasteiger charge is -2.30. The van der Waals surface area contributed by atoms with Gasteiger partial charge in [0.15, 0.2) is 5.89 Å². The molecule has 7 nitrogen and oxygen atoms in total. The quantitative estimate of drug-likeness (QED) is 0.636. The molecule has 3 aromatic rings. The van der Waals surface area contributed by atoms with E-state index in [9.17, 15) is 12.8 Å². The van der Waals surface area contributed by atoms with Gasteiger partial charge in [0.25, 0.3) is 0 Å². The number of aryl methyl sites for hydroxylation is 2. The normalized spacial score (nSPS) is 18.2. The van der Waals surface area contributed by atoms with Crippen LogP contribution in [0.1, 0.15) is 41.7 Å². The molecule has 0 spiro atoms. The highest BCUT2D eigenvalue weighted by molar-refractivity contribution is 7.89. The van der Waals surface area contributed by atoms with Crippen molar-refractivity contribution in [2.24, 2.45) is 7.05 Å². The number of aromatic nitrogens is 3. The first-order valence-corrected chi connectivity index (χ1v) is 11.0. The number of oxazole rings is 1. The van der Waals surface area contributed by atoms with Gasteiger partial charge < -0.3 is 4.42 Å². The molecule has 2 aromatic heterocycles. The van der Waals surface area contributed by atoms with Crippen molar-refractivity contribution in [1.29, 1.82) is 0 Å². The molecule has 0 radical (unpaired) electrons. The Morgan fingerprint density at radius 3 is 2.90 bits per heavy atom. The number of rotatable bonds is 5. The molecule has 1 aromatic carbocycles. The minimum absolute atomic E-state index is 0.114. The molecule has 0 N–H and O–H groups in total. The molecule has 29 heavy (non-hydrogen) atoms. The summed E-state index contributed by atoms with van der Waals surface area (Å²) in [7, 11) is -1.91. The highest BCUT2D eigenvalue weighted by Crippen LogP contribution is 2.31. The highest BCUT2D eigenvalue weighted by Gasteiger charge is 2.34. The lowest BCUT2D eigenvalue weighted by atomic mass is 10.00. The van der Waals surface area contributed by atoms with Crippen molar-refractivity contribution >= 4 is 10.0 Å². The zero-order valence-corrected chi connectivity index (χ0v) is 17.2. The summed E-state index contributed by atoms with van der Waals surface area (Å²) in [5, 5.41) is 4.15. The summed E-state index contributed by atoms with van der Waals surface area (Å²) in [6, 6.07) is 6.35. The molecule has 4 rings (SSSR count). The molecule has 0 unspecified atom stereocenters. The van der Waals surface area contributed by atoms with E-state index in [1.54, 1.807) is 26.2 Å². The van der Waals surface area contributed by atoms with Crippen molar-refractivity contribution < 1.29 is 17.2 Å². The molecule has 9 heteroatoms. The Labute approximate surface area is 169 Å². The summed E-state index contributed by atoms with van der Waals surface area (Å²) in [6.07, 6.45) is 5.15. The van der Waals surface area contributed by atoms with Gasteiger partial charge in [-0.2, -0.15) is 9.40 Å². The van der Waals surface area contributed by atoms with Crippen LogP contribution in [0.25, 0.3) is 0 Å². The van der Waals surface area contributed by atoms with E-state index in [0.717, 1.165) is 18.4 Å². The smallest absolute Gasteiger partial charge is 0.246 e. The molecular formula is C20H23FN4O3S. The van der Waals surface area contributed by atoms with Crippen LogP contribution in [0.5, 0.6) is 0 Å². The van der Waals surface area contributed by atoms with Gasteiger partial charge in [-0.3, -0.25) is 4.68 Å². The fourth-order valence-corrected chi connectivity index (χ4v) is 5.50. The summed E-state index contributed by atoms with van der Waals surface area (Å²) in [6.45, 7) is 2.47. The molecule has 0 amide bonds.